The van der Waals surface area contributed by atoms with Crippen molar-refractivity contribution in [3.63, 3.8) is 0 Å². The summed E-state index contributed by atoms with van der Waals surface area (Å²) in [7, 11) is 1.64. The fourth-order valence-corrected chi connectivity index (χ4v) is 3.51. The van der Waals surface area contributed by atoms with E-state index in [0.717, 1.165) is 57.4 Å². The van der Waals surface area contributed by atoms with Gasteiger partial charge in [-0.15, -0.1) is 0 Å². The highest BCUT2D eigenvalue weighted by Crippen LogP contribution is 2.17. The van der Waals surface area contributed by atoms with Crippen LogP contribution in [0, 0.1) is 6.92 Å². The number of ether oxygens (including phenoxy) is 3. The van der Waals surface area contributed by atoms with Crippen molar-refractivity contribution in [2.24, 2.45) is 0 Å². The molecule has 1 atom stereocenters. The molecule has 1 saturated heterocycles. The standard InChI is InChI=1S/C24H34N2O4/c1-20-3-5-21(6-4-20)17-26(12-11-25-13-15-29-16-14-25)18-22(27)19-30-24-9-7-23(28-2)8-10-24/h3-10,22,27H,11-19H2,1-2H3/t22-/m1/s1. The Kier molecular flexibility index (Phi) is 8.96. The van der Waals surface area contributed by atoms with Gasteiger partial charge in [0.1, 0.15) is 24.2 Å². The van der Waals surface area contributed by atoms with Gasteiger partial charge < -0.3 is 19.3 Å². The van der Waals surface area contributed by atoms with E-state index in [1.807, 2.05) is 24.3 Å². The number of methoxy groups -OCH3 is 1. The molecular formula is C24H34N2O4. The monoisotopic (exact) mass is 414 g/mol. The third-order valence-electron chi connectivity index (χ3n) is 5.33. The Labute approximate surface area is 180 Å². The lowest BCUT2D eigenvalue weighted by molar-refractivity contribution is 0.0256. The van der Waals surface area contributed by atoms with Gasteiger partial charge in [0.25, 0.3) is 0 Å². The first kappa shape index (κ1) is 22.6. The lowest BCUT2D eigenvalue weighted by Crippen LogP contribution is -2.43. The largest absolute Gasteiger partial charge is 0.497 e. The topological polar surface area (TPSA) is 54.4 Å². The predicted molar refractivity (Wildman–Crippen MR) is 118 cm³/mol. The summed E-state index contributed by atoms with van der Waals surface area (Å²) in [6, 6.07) is 16.0. The fourth-order valence-electron chi connectivity index (χ4n) is 3.51. The van der Waals surface area contributed by atoms with Crippen LogP contribution in [-0.2, 0) is 11.3 Å². The van der Waals surface area contributed by atoms with Crippen LogP contribution in [0.4, 0.5) is 0 Å². The van der Waals surface area contributed by atoms with Crippen LogP contribution >= 0.6 is 0 Å². The van der Waals surface area contributed by atoms with Gasteiger partial charge in [0, 0.05) is 39.3 Å². The minimum absolute atomic E-state index is 0.258. The maximum Gasteiger partial charge on any atom is 0.119 e. The molecule has 2 aromatic rings. The SMILES string of the molecule is COc1ccc(OC[C@H](O)CN(CCN2CCOCC2)Cc2ccc(C)cc2)cc1. The van der Waals surface area contributed by atoms with Crippen LogP contribution < -0.4 is 9.47 Å². The fraction of sp³-hybridized carbons (Fsp3) is 0.500. The number of hydrogen-bond acceptors (Lipinski definition) is 6. The van der Waals surface area contributed by atoms with E-state index >= 15 is 0 Å². The van der Waals surface area contributed by atoms with Crippen molar-refractivity contribution in [2.75, 3.05) is 59.7 Å². The molecule has 0 amide bonds. The number of aryl methyl sites for hydroxylation is 1. The zero-order valence-corrected chi connectivity index (χ0v) is 18.1. The van der Waals surface area contributed by atoms with Crippen molar-refractivity contribution in [3.8, 4) is 11.5 Å². The van der Waals surface area contributed by atoms with Gasteiger partial charge in [0.05, 0.1) is 20.3 Å². The number of morpholine rings is 1. The predicted octanol–water partition coefficient (Wildman–Crippen LogP) is 2.58. The van der Waals surface area contributed by atoms with Crippen molar-refractivity contribution in [1.82, 2.24) is 9.80 Å². The first-order chi connectivity index (χ1) is 14.6. The van der Waals surface area contributed by atoms with Crippen molar-refractivity contribution < 1.29 is 19.3 Å². The molecule has 3 rings (SSSR count). The van der Waals surface area contributed by atoms with E-state index in [9.17, 15) is 5.11 Å². The van der Waals surface area contributed by atoms with E-state index in [0.29, 0.717) is 6.54 Å². The summed E-state index contributed by atoms with van der Waals surface area (Å²) in [5.41, 5.74) is 2.51. The average molecular weight is 415 g/mol. The number of aliphatic hydroxyl groups is 1. The number of benzene rings is 2. The minimum atomic E-state index is -0.567. The molecule has 6 nitrogen and oxygen atoms in total. The van der Waals surface area contributed by atoms with E-state index in [4.69, 9.17) is 14.2 Å². The summed E-state index contributed by atoms with van der Waals surface area (Å²) in [4.78, 5) is 4.73. The Hall–Kier alpha value is -2.12. The molecule has 0 bridgehead atoms. The Morgan fingerprint density at radius 3 is 2.37 bits per heavy atom. The summed E-state index contributed by atoms with van der Waals surface area (Å²) in [5, 5.41) is 10.6. The second kappa shape index (κ2) is 11.9. The van der Waals surface area contributed by atoms with Gasteiger partial charge in [-0.05, 0) is 36.8 Å². The summed E-state index contributed by atoms with van der Waals surface area (Å²) >= 11 is 0. The van der Waals surface area contributed by atoms with Crippen molar-refractivity contribution >= 4 is 0 Å². The molecule has 2 aromatic carbocycles. The van der Waals surface area contributed by atoms with E-state index in [1.54, 1.807) is 7.11 Å². The van der Waals surface area contributed by atoms with Crippen molar-refractivity contribution in [3.05, 3.63) is 59.7 Å². The smallest absolute Gasteiger partial charge is 0.119 e. The molecule has 1 aliphatic heterocycles. The molecule has 0 unspecified atom stereocenters. The normalized spacial score (nSPS) is 15.9. The van der Waals surface area contributed by atoms with Gasteiger partial charge in [0.2, 0.25) is 0 Å². The van der Waals surface area contributed by atoms with Crippen LogP contribution in [0.2, 0.25) is 0 Å². The second-order valence-electron chi connectivity index (χ2n) is 7.82. The summed E-state index contributed by atoms with van der Waals surface area (Å²) in [6.07, 6.45) is -0.567. The summed E-state index contributed by atoms with van der Waals surface area (Å²) in [5.74, 6) is 1.52. The first-order valence-electron chi connectivity index (χ1n) is 10.7. The molecule has 0 aliphatic carbocycles. The molecule has 0 spiro atoms. The van der Waals surface area contributed by atoms with Crippen molar-refractivity contribution in [2.45, 2.75) is 19.6 Å². The first-order valence-corrected chi connectivity index (χ1v) is 10.7. The van der Waals surface area contributed by atoms with Crippen LogP contribution in [0.1, 0.15) is 11.1 Å². The maximum absolute atomic E-state index is 10.6. The average Bonchev–Trinajstić information content (AvgIpc) is 2.78. The number of hydrogen-bond donors (Lipinski definition) is 1. The number of rotatable bonds is 11. The highest BCUT2D eigenvalue weighted by Gasteiger charge is 2.16. The number of nitrogens with zero attached hydrogens (tertiary/aromatic N) is 2. The van der Waals surface area contributed by atoms with Crippen LogP contribution in [0.15, 0.2) is 48.5 Å². The van der Waals surface area contributed by atoms with Gasteiger partial charge in [-0.1, -0.05) is 29.8 Å². The van der Waals surface area contributed by atoms with Gasteiger partial charge in [-0.25, -0.2) is 0 Å². The highest BCUT2D eigenvalue weighted by molar-refractivity contribution is 5.31. The third-order valence-corrected chi connectivity index (χ3v) is 5.33. The lowest BCUT2D eigenvalue weighted by Gasteiger charge is -2.31. The highest BCUT2D eigenvalue weighted by atomic mass is 16.5. The quantitative estimate of drug-likeness (QED) is 0.610. The summed E-state index contributed by atoms with van der Waals surface area (Å²) < 4.78 is 16.4. The molecule has 1 aliphatic rings. The van der Waals surface area contributed by atoms with Crippen molar-refractivity contribution in [1.29, 1.82) is 0 Å². The molecular weight excluding hydrogens is 380 g/mol. The minimum Gasteiger partial charge on any atom is -0.497 e. The van der Waals surface area contributed by atoms with Gasteiger partial charge in [-0.2, -0.15) is 0 Å². The molecule has 1 N–H and O–H groups in total. The lowest BCUT2D eigenvalue weighted by atomic mass is 10.1. The molecule has 6 heteroatoms. The Morgan fingerprint density at radius 2 is 1.70 bits per heavy atom. The molecule has 164 valence electrons. The molecule has 1 heterocycles. The number of aliphatic hydroxyl groups excluding tert-OH is 1. The Bertz CT molecular complexity index is 730. The van der Waals surface area contributed by atoms with Crippen LogP contribution in [0.25, 0.3) is 0 Å². The summed E-state index contributed by atoms with van der Waals surface area (Å²) in [6.45, 7) is 9.15. The molecule has 1 fully saturated rings. The van der Waals surface area contributed by atoms with Gasteiger partial charge in [-0.3, -0.25) is 9.80 Å². The zero-order chi connectivity index (χ0) is 21.2. The van der Waals surface area contributed by atoms with E-state index in [1.165, 1.54) is 11.1 Å². The van der Waals surface area contributed by atoms with Gasteiger partial charge >= 0.3 is 0 Å². The van der Waals surface area contributed by atoms with E-state index in [2.05, 4.69) is 41.0 Å². The Morgan fingerprint density at radius 1 is 1.03 bits per heavy atom. The van der Waals surface area contributed by atoms with Gasteiger partial charge in [0.15, 0.2) is 0 Å². The third kappa shape index (κ3) is 7.61. The van der Waals surface area contributed by atoms with Crippen LogP contribution in [0.3, 0.4) is 0 Å². The van der Waals surface area contributed by atoms with Crippen LogP contribution in [-0.4, -0.2) is 80.7 Å². The second-order valence-corrected chi connectivity index (χ2v) is 7.82. The van der Waals surface area contributed by atoms with Crippen LogP contribution in [0.5, 0.6) is 11.5 Å². The molecule has 0 radical (unpaired) electrons. The maximum atomic E-state index is 10.6. The van der Waals surface area contributed by atoms with E-state index in [-0.39, 0.29) is 6.61 Å². The molecule has 0 aromatic heterocycles. The van der Waals surface area contributed by atoms with E-state index < -0.39 is 6.10 Å². The molecule has 30 heavy (non-hydrogen) atoms. The molecule has 0 saturated carbocycles. The zero-order valence-electron chi connectivity index (χ0n) is 18.1. The Balaban J connectivity index is 1.52.